The molecule has 1 aliphatic rings. The van der Waals surface area contributed by atoms with Gasteiger partial charge in [0.1, 0.15) is 11.2 Å². The van der Waals surface area contributed by atoms with E-state index in [0.717, 1.165) is 5.56 Å². The summed E-state index contributed by atoms with van der Waals surface area (Å²) in [7, 11) is 0. The number of nitrogens with zero attached hydrogens (tertiary/aromatic N) is 2. The Morgan fingerprint density at radius 2 is 2.12 bits per heavy atom. The lowest BCUT2D eigenvalue weighted by molar-refractivity contribution is -0.386. The van der Waals surface area contributed by atoms with Gasteiger partial charge in [-0.2, -0.15) is 5.26 Å². The molecule has 0 atom stereocenters. The number of carbonyl (C=O) groups excluding carboxylic acids is 1. The summed E-state index contributed by atoms with van der Waals surface area (Å²) >= 11 is 0. The van der Waals surface area contributed by atoms with E-state index >= 15 is 0 Å². The summed E-state index contributed by atoms with van der Waals surface area (Å²) < 4.78 is 0. The Hall–Kier alpha value is -2.22. The van der Waals surface area contributed by atoms with Crippen molar-refractivity contribution in [3.8, 4) is 6.07 Å². The number of rotatable bonds is 2. The maximum Gasteiger partial charge on any atom is 0.274 e. The van der Waals surface area contributed by atoms with Crippen molar-refractivity contribution in [3.63, 3.8) is 0 Å². The fraction of sp³-hybridized carbons (Fsp3) is 0.333. The number of aryl methyl sites for hydroxylation is 1. The van der Waals surface area contributed by atoms with Crippen molar-refractivity contribution < 1.29 is 9.72 Å². The molecule has 5 heteroatoms. The van der Waals surface area contributed by atoms with Gasteiger partial charge < -0.3 is 0 Å². The predicted octanol–water partition coefficient (Wildman–Crippen LogP) is 2.03. The van der Waals surface area contributed by atoms with E-state index in [4.69, 9.17) is 0 Å². The Morgan fingerprint density at radius 1 is 1.47 bits per heavy atom. The second-order valence-corrected chi connectivity index (χ2v) is 4.36. The van der Waals surface area contributed by atoms with Crippen molar-refractivity contribution in [2.75, 3.05) is 0 Å². The van der Waals surface area contributed by atoms with Crippen molar-refractivity contribution in [2.24, 2.45) is 0 Å². The van der Waals surface area contributed by atoms with Gasteiger partial charge in [-0.05, 0) is 13.0 Å². The minimum absolute atomic E-state index is 0.0256. The summed E-state index contributed by atoms with van der Waals surface area (Å²) in [5.41, 5.74) is 0.139. The first kappa shape index (κ1) is 11.3. The number of nitro groups is 1. The average Bonchev–Trinajstić information content (AvgIpc) is 2.24. The molecule has 1 fully saturated rings. The lowest BCUT2D eigenvalue weighted by atomic mass is 9.64. The summed E-state index contributed by atoms with van der Waals surface area (Å²) in [6.45, 7) is 1.80. The lowest BCUT2D eigenvalue weighted by Crippen LogP contribution is -2.40. The Bertz CT molecular complexity index is 549. The highest BCUT2D eigenvalue weighted by Crippen LogP contribution is 2.44. The van der Waals surface area contributed by atoms with Crippen LogP contribution in [0.25, 0.3) is 0 Å². The van der Waals surface area contributed by atoms with Crippen molar-refractivity contribution in [2.45, 2.75) is 25.2 Å². The third-order valence-corrected chi connectivity index (χ3v) is 3.08. The molecule has 1 aliphatic carbocycles. The van der Waals surface area contributed by atoms with E-state index in [2.05, 4.69) is 6.07 Å². The topological polar surface area (TPSA) is 84.0 Å². The van der Waals surface area contributed by atoms with Crippen LogP contribution in [0.1, 0.15) is 24.0 Å². The van der Waals surface area contributed by atoms with E-state index < -0.39 is 10.3 Å². The summed E-state index contributed by atoms with van der Waals surface area (Å²) in [4.78, 5) is 21.5. The number of hydrogen-bond acceptors (Lipinski definition) is 4. The largest absolute Gasteiger partial charge is 0.300 e. The molecule has 86 valence electrons. The summed E-state index contributed by atoms with van der Waals surface area (Å²) in [5, 5.41) is 20.1. The molecular weight excluding hydrogens is 220 g/mol. The molecule has 0 heterocycles. The molecule has 0 N–H and O–H groups in total. The van der Waals surface area contributed by atoms with Crippen molar-refractivity contribution >= 4 is 11.5 Å². The number of nitro benzene ring substituents is 1. The number of carbonyl (C=O) groups is 1. The SMILES string of the molecule is Cc1ccc([N+](=O)[O-])c(C2(C#N)CC(=O)C2)c1. The molecule has 1 aromatic carbocycles. The average molecular weight is 230 g/mol. The summed E-state index contributed by atoms with van der Waals surface area (Å²) in [6.07, 6.45) is 0.154. The number of Topliss-reactive ketones (excluding diaryl/α,β-unsaturated/α-hetero) is 1. The van der Waals surface area contributed by atoms with Gasteiger partial charge in [0, 0.05) is 18.9 Å². The molecule has 0 amide bonds. The maximum absolute atomic E-state index is 11.1. The van der Waals surface area contributed by atoms with E-state index in [9.17, 15) is 20.2 Å². The monoisotopic (exact) mass is 230 g/mol. The van der Waals surface area contributed by atoms with Gasteiger partial charge in [0.05, 0.1) is 16.6 Å². The molecule has 0 spiro atoms. The highest BCUT2D eigenvalue weighted by Gasteiger charge is 2.48. The van der Waals surface area contributed by atoms with Gasteiger partial charge in [-0.25, -0.2) is 0 Å². The molecule has 1 saturated carbocycles. The van der Waals surface area contributed by atoms with Crippen LogP contribution in [-0.4, -0.2) is 10.7 Å². The fourth-order valence-corrected chi connectivity index (χ4v) is 2.14. The standard InChI is InChI=1S/C12H10N2O3/c1-8-2-3-11(14(16)17)10(4-8)12(7-13)5-9(15)6-12/h2-4H,5-6H2,1H3. The van der Waals surface area contributed by atoms with Crippen molar-refractivity contribution in [1.29, 1.82) is 5.26 Å². The van der Waals surface area contributed by atoms with Crippen LogP contribution in [0.5, 0.6) is 0 Å². The molecule has 0 aromatic heterocycles. The fourth-order valence-electron chi connectivity index (χ4n) is 2.14. The second-order valence-electron chi connectivity index (χ2n) is 4.36. The summed E-state index contributed by atoms with van der Waals surface area (Å²) in [5.74, 6) is -0.0256. The van der Waals surface area contributed by atoms with Gasteiger partial charge in [0.2, 0.25) is 0 Å². The van der Waals surface area contributed by atoms with Crippen LogP contribution in [0.2, 0.25) is 0 Å². The highest BCUT2D eigenvalue weighted by molar-refractivity contribution is 5.90. The molecule has 0 saturated heterocycles. The molecule has 0 radical (unpaired) electrons. The van der Waals surface area contributed by atoms with Crippen LogP contribution in [0.15, 0.2) is 18.2 Å². The zero-order valence-corrected chi connectivity index (χ0v) is 9.27. The van der Waals surface area contributed by atoms with Crippen molar-refractivity contribution in [3.05, 3.63) is 39.4 Å². The normalized spacial score (nSPS) is 17.1. The van der Waals surface area contributed by atoms with E-state index in [1.165, 1.54) is 6.07 Å². The third kappa shape index (κ3) is 1.68. The number of hydrogen-bond donors (Lipinski definition) is 0. The van der Waals surface area contributed by atoms with Gasteiger partial charge in [-0.15, -0.1) is 0 Å². The zero-order chi connectivity index (χ0) is 12.6. The van der Waals surface area contributed by atoms with Crippen LogP contribution in [0.3, 0.4) is 0 Å². The lowest BCUT2D eigenvalue weighted by Gasteiger charge is -2.33. The zero-order valence-electron chi connectivity index (χ0n) is 9.27. The van der Waals surface area contributed by atoms with Gasteiger partial charge in [0.25, 0.3) is 5.69 Å². The third-order valence-electron chi connectivity index (χ3n) is 3.08. The Morgan fingerprint density at radius 3 is 2.59 bits per heavy atom. The van der Waals surface area contributed by atoms with Crippen molar-refractivity contribution in [1.82, 2.24) is 0 Å². The molecule has 0 aliphatic heterocycles. The Kier molecular flexibility index (Phi) is 2.43. The first-order valence-electron chi connectivity index (χ1n) is 5.17. The Balaban J connectivity index is 2.58. The van der Waals surface area contributed by atoms with Crippen LogP contribution < -0.4 is 0 Å². The quantitative estimate of drug-likeness (QED) is 0.574. The molecule has 17 heavy (non-hydrogen) atoms. The molecule has 0 bridgehead atoms. The second kappa shape index (κ2) is 3.67. The molecule has 0 unspecified atom stereocenters. The minimum Gasteiger partial charge on any atom is -0.300 e. The van der Waals surface area contributed by atoms with Crippen LogP contribution in [-0.2, 0) is 10.2 Å². The number of nitriles is 1. The first-order valence-corrected chi connectivity index (χ1v) is 5.17. The van der Waals surface area contributed by atoms with E-state index in [0.29, 0.717) is 5.56 Å². The van der Waals surface area contributed by atoms with E-state index in [1.807, 2.05) is 0 Å². The highest BCUT2D eigenvalue weighted by atomic mass is 16.6. The number of benzene rings is 1. The van der Waals surface area contributed by atoms with Gasteiger partial charge in [0.15, 0.2) is 0 Å². The van der Waals surface area contributed by atoms with Gasteiger partial charge in [-0.3, -0.25) is 14.9 Å². The molecular formula is C12H10N2O3. The van der Waals surface area contributed by atoms with Crippen LogP contribution in [0, 0.1) is 28.4 Å². The van der Waals surface area contributed by atoms with Gasteiger partial charge >= 0.3 is 0 Å². The molecule has 5 nitrogen and oxygen atoms in total. The Labute approximate surface area is 97.8 Å². The van der Waals surface area contributed by atoms with Crippen LogP contribution >= 0.6 is 0 Å². The maximum atomic E-state index is 11.1. The predicted molar refractivity (Wildman–Crippen MR) is 59.4 cm³/mol. The molecule has 1 aromatic rings. The van der Waals surface area contributed by atoms with E-state index in [-0.39, 0.29) is 24.3 Å². The van der Waals surface area contributed by atoms with E-state index in [1.54, 1.807) is 19.1 Å². The smallest absolute Gasteiger partial charge is 0.274 e. The number of ketones is 1. The summed E-state index contributed by atoms with van der Waals surface area (Å²) in [6, 6.07) is 6.72. The van der Waals surface area contributed by atoms with Gasteiger partial charge in [-0.1, -0.05) is 11.6 Å². The van der Waals surface area contributed by atoms with Crippen LogP contribution in [0.4, 0.5) is 5.69 Å². The molecule has 2 rings (SSSR count). The first-order chi connectivity index (χ1) is 7.98. The minimum atomic E-state index is -0.995.